The number of aliphatic hydroxyl groups is 3. The van der Waals surface area contributed by atoms with Crippen LogP contribution in [0.15, 0.2) is 72.9 Å². The lowest BCUT2D eigenvalue weighted by Gasteiger charge is -2.41. The Morgan fingerprint density at radius 1 is 0.609 bits per heavy atom. The van der Waals surface area contributed by atoms with Crippen molar-refractivity contribution in [2.24, 2.45) is 0 Å². The fraction of sp³-hybridized carbons (Fsp3) is 0.745. The van der Waals surface area contributed by atoms with Crippen molar-refractivity contribution < 1.29 is 56.2 Å². The van der Waals surface area contributed by atoms with Gasteiger partial charge in [0.25, 0.3) is 0 Å². The van der Waals surface area contributed by atoms with Crippen LogP contribution in [0.25, 0.3) is 0 Å². The summed E-state index contributed by atoms with van der Waals surface area (Å²) in [5, 5.41) is 30.7. The Hall–Kier alpha value is -2.46. The first-order chi connectivity index (χ1) is 31.1. The van der Waals surface area contributed by atoms with E-state index in [0.29, 0.717) is 13.0 Å². The van der Waals surface area contributed by atoms with E-state index in [-0.39, 0.29) is 19.6 Å². The Balaban J connectivity index is 2.43. The van der Waals surface area contributed by atoms with Crippen molar-refractivity contribution >= 4 is 16.4 Å². The molecule has 1 heterocycles. The van der Waals surface area contributed by atoms with E-state index in [0.717, 1.165) is 70.6 Å². The van der Waals surface area contributed by atoms with Gasteiger partial charge in [-0.2, -0.15) is 8.42 Å². The van der Waals surface area contributed by atoms with E-state index in [1.807, 2.05) is 0 Å². The third kappa shape index (κ3) is 34.8. The first-order valence-corrected chi connectivity index (χ1v) is 26.1. The Morgan fingerprint density at radius 3 is 1.59 bits per heavy atom. The van der Waals surface area contributed by atoms with Crippen molar-refractivity contribution in [2.75, 3.05) is 26.4 Å². The van der Waals surface area contributed by atoms with Crippen molar-refractivity contribution in [3.05, 3.63) is 72.9 Å². The van der Waals surface area contributed by atoms with Gasteiger partial charge in [0, 0.05) is 13.0 Å². The minimum absolute atomic E-state index is 0.00269. The van der Waals surface area contributed by atoms with E-state index in [9.17, 15) is 33.1 Å². The first-order valence-electron chi connectivity index (χ1n) is 24.7. The van der Waals surface area contributed by atoms with Crippen molar-refractivity contribution in [2.45, 2.75) is 218 Å². The van der Waals surface area contributed by atoms with Gasteiger partial charge in [0.05, 0.1) is 19.8 Å². The van der Waals surface area contributed by atoms with Gasteiger partial charge in [-0.05, 0) is 83.5 Å². The topological polar surface area (TPSA) is 178 Å². The number of allylic oxidation sites excluding steroid dienone is 12. The maximum Gasteiger partial charge on any atom is 0.397 e. The zero-order valence-electron chi connectivity index (χ0n) is 39.6. The van der Waals surface area contributed by atoms with E-state index in [2.05, 4.69) is 90.9 Å². The summed E-state index contributed by atoms with van der Waals surface area (Å²) in [7, 11) is -5.07. The van der Waals surface area contributed by atoms with Crippen molar-refractivity contribution in [1.29, 1.82) is 0 Å². The number of aliphatic hydroxyl groups excluding tert-OH is 3. The molecule has 0 saturated carbocycles. The Morgan fingerprint density at radius 2 is 1.08 bits per heavy atom. The van der Waals surface area contributed by atoms with Crippen LogP contribution in [0.2, 0.25) is 0 Å². The lowest BCUT2D eigenvalue weighted by atomic mass is 9.99. The zero-order valence-corrected chi connectivity index (χ0v) is 40.4. The molecule has 0 spiro atoms. The van der Waals surface area contributed by atoms with Gasteiger partial charge in [-0.1, -0.05) is 164 Å². The van der Waals surface area contributed by atoms with E-state index < -0.39 is 59.8 Å². The molecule has 1 aliphatic rings. The van der Waals surface area contributed by atoms with E-state index in [1.54, 1.807) is 0 Å². The number of esters is 1. The zero-order chi connectivity index (χ0) is 46.8. The largest absolute Gasteiger partial charge is 0.457 e. The van der Waals surface area contributed by atoms with Gasteiger partial charge >= 0.3 is 16.4 Å². The normalized spacial score (nSPS) is 20.4. The summed E-state index contributed by atoms with van der Waals surface area (Å²) < 4.78 is 59.1. The predicted molar refractivity (Wildman–Crippen MR) is 257 cm³/mol. The molecule has 0 aliphatic carbocycles. The Kier molecular flexibility index (Phi) is 39.0. The highest BCUT2D eigenvalue weighted by atomic mass is 32.3. The molecule has 1 aliphatic heterocycles. The summed E-state index contributed by atoms with van der Waals surface area (Å²) in [6, 6.07) is 0. The highest BCUT2D eigenvalue weighted by Crippen LogP contribution is 2.26. The molecule has 0 aromatic heterocycles. The predicted octanol–water partition coefficient (Wildman–Crippen LogP) is 11.1. The summed E-state index contributed by atoms with van der Waals surface area (Å²) in [6.07, 6.45) is 45.1. The van der Waals surface area contributed by atoms with Gasteiger partial charge in [-0.3, -0.25) is 9.35 Å². The van der Waals surface area contributed by atoms with Gasteiger partial charge in [-0.25, -0.2) is 4.18 Å². The maximum atomic E-state index is 12.9. The minimum atomic E-state index is -5.07. The molecule has 0 bridgehead atoms. The lowest BCUT2D eigenvalue weighted by Crippen LogP contribution is -2.60. The molecule has 0 amide bonds. The first kappa shape index (κ1) is 59.6. The molecular weight excluding hydrogens is 837 g/mol. The second kappa shape index (κ2) is 41.9. The average molecular weight is 925 g/mol. The third-order valence-corrected chi connectivity index (χ3v) is 11.3. The molecule has 370 valence electrons. The third-order valence-electron chi connectivity index (χ3n) is 10.8. The second-order valence-electron chi connectivity index (χ2n) is 16.7. The van der Waals surface area contributed by atoms with Crippen LogP contribution in [0.1, 0.15) is 181 Å². The van der Waals surface area contributed by atoms with Gasteiger partial charge in [0.1, 0.15) is 30.5 Å². The smallest absolute Gasteiger partial charge is 0.397 e. The van der Waals surface area contributed by atoms with E-state index in [4.69, 9.17) is 18.9 Å². The minimum Gasteiger partial charge on any atom is -0.457 e. The lowest BCUT2D eigenvalue weighted by molar-refractivity contribution is -0.301. The number of carbonyl (C=O) groups excluding carboxylic acids is 1. The molecule has 0 aromatic rings. The molecule has 1 saturated heterocycles. The van der Waals surface area contributed by atoms with Gasteiger partial charge in [0.2, 0.25) is 0 Å². The number of carbonyl (C=O) groups is 1. The van der Waals surface area contributed by atoms with Crippen LogP contribution in [-0.4, -0.2) is 97.5 Å². The molecule has 0 radical (unpaired) electrons. The highest BCUT2D eigenvalue weighted by molar-refractivity contribution is 7.80. The number of unbranched alkanes of at least 4 members (excludes halogenated alkanes) is 17. The van der Waals surface area contributed by atoms with Crippen LogP contribution in [0, 0.1) is 0 Å². The maximum absolute atomic E-state index is 12.9. The van der Waals surface area contributed by atoms with Crippen LogP contribution in [0.4, 0.5) is 0 Å². The number of rotatable bonds is 42. The van der Waals surface area contributed by atoms with Crippen LogP contribution in [0.3, 0.4) is 0 Å². The standard InChI is InChI=1S/C51H88O12S/c1-3-5-7-9-11-13-15-17-19-21-23-24-26-28-30-32-34-36-38-40-47(53)61-45(44-60-51-49(55)50(63-64(56,57)58)48(54)46(42-52)62-51)43-59-41-39-37-35-33-31-29-27-25-22-20-18-16-14-12-10-8-6-4-2/h6,8,12,14,17-20,25,27,31,33,45-46,48-52,54-55H,3-5,7,9-11,13,15-16,21-24,26,28-30,32,34-44H2,1-2H3,(H,56,57,58)/b8-6-,14-12-,19-17-,20-18-,27-25-,33-31-. The quantitative estimate of drug-likeness (QED) is 0.0197. The summed E-state index contributed by atoms with van der Waals surface area (Å²) in [5.74, 6) is -0.419. The van der Waals surface area contributed by atoms with E-state index in [1.165, 1.54) is 83.5 Å². The van der Waals surface area contributed by atoms with Crippen molar-refractivity contribution in [3.8, 4) is 0 Å². The molecular formula is C51H88O12S. The SMILES string of the molecule is CC/C=C\C/C=C\C/C=C\C/C=C\C/C=C\CCCCOCC(COC1OC(CO)C(O)C(OS(=O)(=O)O)C1O)OC(=O)CCCCCCCCCCC/C=C\CCCCCCCC. The fourth-order valence-corrected chi connectivity index (χ4v) is 7.61. The fourth-order valence-electron chi connectivity index (χ4n) is 7.10. The Labute approximate surface area is 388 Å². The van der Waals surface area contributed by atoms with Crippen LogP contribution < -0.4 is 0 Å². The second-order valence-corrected chi connectivity index (χ2v) is 17.7. The summed E-state index contributed by atoms with van der Waals surface area (Å²) in [5.41, 5.74) is 0. The molecule has 4 N–H and O–H groups in total. The summed E-state index contributed by atoms with van der Waals surface area (Å²) in [6.45, 7) is 3.76. The number of hydrogen-bond donors (Lipinski definition) is 4. The summed E-state index contributed by atoms with van der Waals surface area (Å²) >= 11 is 0. The molecule has 0 aromatic carbocycles. The van der Waals surface area contributed by atoms with E-state index >= 15 is 0 Å². The van der Waals surface area contributed by atoms with Gasteiger partial charge in [-0.15, -0.1) is 0 Å². The summed E-state index contributed by atoms with van der Waals surface area (Å²) in [4.78, 5) is 12.9. The van der Waals surface area contributed by atoms with Crippen molar-refractivity contribution in [3.63, 3.8) is 0 Å². The Bertz CT molecular complexity index is 1390. The molecule has 12 nitrogen and oxygen atoms in total. The van der Waals surface area contributed by atoms with Crippen LogP contribution >= 0.6 is 0 Å². The average Bonchev–Trinajstić information content (AvgIpc) is 3.27. The molecule has 13 heteroatoms. The van der Waals surface area contributed by atoms with Crippen LogP contribution in [0.5, 0.6) is 0 Å². The van der Waals surface area contributed by atoms with Gasteiger partial charge in [0.15, 0.2) is 6.29 Å². The molecule has 6 unspecified atom stereocenters. The van der Waals surface area contributed by atoms with Crippen LogP contribution in [-0.2, 0) is 38.3 Å². The number of hydrogen-bond acceptors (Lipinski definition) is 11. The molecule has 6 atom stereocenters. The highest BCUT2D eigenvalue weighted by Gasteiger charge is 2.48. The molecule has 64 heavy (non-hydrogen) atoms. The monoisotopic (exact) mass is 925 g/mol. The number of ether oxygens (including phenoxy) is 4. The van der Waals surface area contributed by atoms with Gasteiger partial charge < -0.3 is 34.3 Å². The molecule has 1 rings (SSSR count). The van der Waals surface area contributed by atoms with Crippen molar-refractivity contribution in [1.82, 2.24) is 0 Å². The molecule has 1 fully saturated rings.